The van der Waals surface area contributed by atoms with Crippen LogP contribution in [0.2, 0.25) is 0 Å². The smallest absolute Gasteiger partial charge is 0.0622 e. The van der Waals surface area contributed by atoms with E-state index in [0.29, 0.717) is 5.92 Å². The zero-order valence-electron chi connectivity index (χ0n) is 11.1. The van der Waals surface area contributed by atoms with E-state index in [1.807, 2.05) is 18.2 Å². The summed E-state index contributed by atoms with van der Waals surface area (Å²) < 4.78 is 5.40. The van der Waals surface area contributed by atoms with Crippen molar-refractivity contribution < 1.29 is 9.84 Å². The molecule has 0 radical (unpaired) electrons. The molecule has 0 aromatic heterocycles. The Kier molecular flexibility index (Phi) is 5.66. The third kappa shape index (κ3) is 5.33. The Hall–Kier alpha value is -0.860. The quantitative estimate of drug-likeness (QED) is 0.788. The summed E-state index contributed by atoms with van der Waals surface area (Å²) in [6.45, 7) is 4.42. The monoisotopic (exact) mass is 236 g/mol. The van der Waals surface area contributed by atoms with E-state index in [-0.39, 0.29) is 12.2 Å². The fourth-order valence-electron chi connectivity index (χ4n) is 1.86. The van der Waals surface area contributed by atoms with Crippen LogP contribution in [0.15, 0.2) is 30.3 Å². The number of benzene rings is 1. The third-order valence-electron chi connectivity index (χ3n) is 3.33. The Morgan fingerprint density at radius 3 is 2.41 bits per heavy atom. The molecule has 2 heteroatoms. The van der Waals surface area contributed by atoms with E-state index in [9.17, 15) is 5.11 Å². The van der Waals surface area contributed by atoms with Gasteiger partial charge in [-0.1, -0.05) is 30.3 Å². The zero-order chi connectivity index (χ0) is 12.7. The number of hydrogen-bond donors (Lipinski definition) is 1. The van der Waals surface area contributed by atoms with Gasteiger partial charge in [0, 0.05) is 13.7 Å². The molecular formula is C15H24O2. The van der Waals surface area contributed by atoms with Crippen molar-refractivity contribution >= 4 is 0 Å². The second kappa shape index (κ2) is 6.77. The number of aliphatic hydroxyl groups is 1. The molecule has 96 valence electrons. The topological polar surface area (TPSA) is 29.5 Å². The molecule has 1 N–H and O–H groups in total. The second-order valence-electron chi connectivity index (χ2n) is 5.24. The Bertz CT molecular complexity index is 306. The molecule has 2 nitrogen and oxygen atoms in total. The van der Waals surface area contributed by atoms with Crippen LogP contribution in [0.25, 0.3) is 0 Å². The molecule has 1 rings (SSSR count). The lowest BCUT2D eigenvalue weighted by molar-refractivity contribution is 0.00826. The van der Waals surface area contributed by atoms with Crippen LogP contribution >= 0.6 is 0 Å². The van der Waals surface area contributed by atoms with Crippen LogP contribution in [0.5, 0.6) is 0 Å². The van der Waals surface area contributed by atoms with Crippen molar-refractivity contribution in [3.63, 3.8) is 0 Å². The van der Waals surface area contributed by atoms with E-state index >= 15 is 0 Å². The maximum atomic E-state index is 9.42. The Labute approximate surface area is 105 Å². The van der Waals surface area contributed by atoms with E-state index in [0.717, 1.165) is 19.3 Å². The average molecular weight is 236 g/mol. The fourth-order valence-corrected chi connectivity index (χ4v) is 1.86. The van der Waals surface area contributed by atoms with Gasteiger partial charge in [0.1, 0.15) is 0 Å². The van der Waals surface area contributed by atoms with Gasteiger partial charge in [0.15, 0.2) is 0 Å². The first-order chi connectivity index (χ1) is 8.07. The van der Waals surface area contributed by atoms with E-state index in [1.54, 1.807) is 7.11 Å². The van der Waals surface area contributed by atoms with Crippen molar-refractivity contribution in [2.75, 3.05) is 13.7 Å². The van der Waals surface area contributed by atoms with E-state index in [1.165, 1.54) is 5.56 Å². The van der Waals surface area contributed by atoms with Crippen LogP contribution < -0.4 is 0 Å². The van der Waals surface area contributed by atoms with Gasteiger partial charge < -0.3 is 9.84 Å². The molecule has 0 bridgehead atoms. The Morgan fingerprint density at radius 2 is 1.88 bits per heavy atom. The van der Waals surface area contributed by atoms with Crippen molar-refractivity contribution in [3.8, 4) is 0 Å². The predicted molar refractivity (Wildman–Crippen MR) is 71.0 cm³/mol. The van der Waals surface area contributed by atoms with E-state index in [4.69, 9.17) is 4.74 Å². The zero-order valence-corrected chi connectivity index (χ0v) is 11.1. The van der Waals surface area contributed by atoms with Crippen LogP contribution in [0.4, 0.5) is 0 Å². The number of rotatable bonds is 7. The molecule has 0 amide bonds. The lowest BCUT2D eigenvalue weighted by atomic mass is 9.91. The summed E-state index contributed by atoms with van der Waals surface area (Å²) >= 11 is 0. The maximum absolute atomic E-state index is 9.42. The summed E-state index contributed by atoms with van der Waals surface area (Å²) in [7, 11) is 1.74. The van der Waals surface area contributed by atoms with Gasteiger partial charge in [0.25, 0.3) is 0 Å². The lowest BCUT2D eigenvalue weighted by Gasteiger charge is -2.25. The van der Waals surface area contributed by atoms with Crippen molar-refractivity contribution in [2.24, 2.45) is 5.92 Å². The maximum Gasteiger partial charge on any atom is 0.0622 e. The number of ether oxygens (including phenoxy) is 1. The highest BCUT2D eigenvalue weighted by molar-refractivity contribution is 5.15. The molecule has 0 fully saturated rings. The van der Waals surface area contributed by atoms with Crippen LogP contribution in [0.3, 0.4) is 0 Å². The van der Waals surface area contributed by atoms with Crippen molar-refractivity contribution in [1.82, 2.24) is 0 Å². The van der Waals surface area contributed by atoms with E-state index < -0.39 is 0 Å². The summed E-state index contributed by atoms with van der Waals surface area (Å²) in [6, 6.07) is 10.3. The molecule has 17 heavy (non-hydrogen) atoms. The minimum absolute atomic E-state index is 0.0931. The first kappa shape index (κ1) is 14.2. The minimum atomic E-state index is -0.0931. The van der Waals surface area contributed by atoms with Crippen molar-refractivity contribution in [3.05, 3.63) is 35.9 Å². The second-order valence-corrected chi connectivity index (χ2v) is 5.24. The van der Waals surface area contributed by atoms with Crippen LogP contribution in [0.1, 0.15) is 32.3 Å². The largest absolute Gasteiger partial charge is 0.396 e. The summed E-state index contributed by atoms with van der Waals surface area (Å²) in [6.07, 6.45) is 2.91. The van der Waals surface area contributed by atoms with Gasteiger partial charge >= 0.3 is 0 Å². The molecule has 0 aliphatic rings. The van der Waals surface area contributed by atoms with Gasteiger partial charge in [-0.25, -0.2) is 0 Å². The molecule has 0 saturated heterocycles. The number of methoxy groups -OCH3 is 1. The van der Waals surface area contributed by atoms with Gasteiger partial charge in [0.05, 0.1) is 5.60 Å². The normalized spacial score (nSPS) is 13.6. The number of hydrogen-bond acceptors (Lipinski definition) is 2. The van der Waals surface area contributed by atoms with Crippen molar-refractivity contribution in [1.29, 1.82) is 0 Å². The first-order valence-corrected chi connectivity index (χ1v) is 6.27. The van der Waals surface area contributed by atoms with Crippen LogP contribution in [0, 0.1) is 5.92 Å². The van der Waals surface area contributed by atoms with Crippen LogP contribution in [-0.4, -0.2) is 24.4 Å². The highest BCUT2D eigenvalue weighted by atomic mass is 16.5. The first-order valence-electron chi connectivity index (χ1n) is 6.27. The van der Waals surface area contributed by atoms with Crippen molar-refractivity contribution in [2.45, 2.75) is 38.7 Å². The molecule has 1 aromatic rings. The molecule has 0 spiro atoms. The standard InChI is InChI=1S/C15H24O2/c1-15(2,17-3)10-9-14(12-16)11-13-7-5-4-6-8-13/h4-8,14,16H,9-12H2,1-3H3. The Morgan fingerprint density at radius 1 is 1.24 bits per heavy atom. The summed E-state index contributed by atoms with van der Waals surface area (Å²) in [5, 5.41) is 9.42. The van der Waals surface area contributed by atoms with Crippen LogP contribution in [-0.2, 0) is 11.2 Å². The van der Waals surface area contributed by atoms with Gasteiger partial charge in [-0.2, -0.15) is 0 Å². The van der Waals surface area contributed by atoms with Gasteiger partial charge in [0.2, 0.25) is 0 Å². The molecule has 0 aliphatic heterocycles. The Balaban J connectivity index is 2.44. The number of aliphatic hydroxyl groups excluding tert-OH is 1. The fraction of sp³-hybridized carbons (Fsp3) is 0.600. The summed E-state index contributed by atoms with van der Waals surface area (Å²) in [5.41, 5.74) is 1.20. The molecular weight excluding hydrogens is 212 g/mol. The highest BCUT2D eigenvalue weighted by Gasteiger charge is 2.19. The van der Waals surface area contributed by atoms with Gasteiger partial charge in [-0.05, 0) is 44.6 Å². The highest BCUT2D eigenvalue weighted by Crippen LogP contribution is 2.21. The SMILES string of the molecule is COC(C)(C)CCC(CO)Cc1ccccc1. The third-order valence-corrected chi connectivity index (χ3v) is 3.33. The lowest BCUT2D eigenvalue weighted by Crippen LogP contribution is -2.24. The van der Waals surface area contributed by atoms with Gasteiger partial charge in [-0.3, -0.25) is 0 Å². The molecule has 0 heterocycles. The summed E-state index contributed by atoms with van der Waals surface area (Å²) in [4.78, 5) is 0. The minimum Gasteiger partial charge on any atom is -0.396 e. The average Bonchev–Trinajstić information content (AvgIpc) is 2.35. The summed E-state index contributed by atoms with van der Waals surface area (Å²) in [5.74, 6) is 0.326. The molecule has 0 saturated carbocycles. The van der Waals surface area contributed by atoms with Gasteiger partial charge in [-0.15, -0.1) is 0 Å². The van der Waals surface area contributed by atoms with E-state index in [2.05, 4.69) is 26.0 Å². The molecule has 1 unspecified atom stereocenters. The predicted octanol–water partition coefficient (Wildman–Crippen LogP) is 3.04. The molecule has 1 atom stereocenters. The molecule has 0 aliphatic carbocycles. The molecule has 1 aromatic carbocycles.